The number of anilines is 1. The molecule has 8 heteroatoms. The van der Waals surface area contributed by atoms with Gasteiger partial charge in [0.05, 0.1) is 17.9 Å². The number of imidazole rings is 1. The van der Waals surface area contributed by atoms with Gasteiger partial charge in [0.25, 0.3) is 0 Å². The third kappa shape index (κ3) is 5.18. The van der Waals surface area contributed by atoms with Crippen LogP contribution in [0.25, 0.3) is 11.2 Å². The molecule has 8 nitrogen and oxygen atoms in total. The SMILES string of the molecule is C1CC2CC1O2.COC(c1ccccc1)n1c(C)nc2c(C)nc(NCCc3ccncc3)nc21. The third-order valence-corrected chi connectivity index (χ3v) is 6.60. The van der Waals surface area contributed by atoms with Crippen LogP contribution in [0.4, 0.5) is 5.95 Å². The average molecular weight is 473 g/mol. The molecule has 3 aromatic heterocycles. The van der Waals surface area contributed by atoms with Gasteiger partial charge in [-0.3, -0.25) is 9.55 Å². The molecule has 3 atom stereocenters. The Hall–Kier alpha value is -3.36. The molecule has 1 N–H and O–H groups in total. The molecule has 2 saturated heterocycles. The van der Waals surface area contributed by atoms with Crippen LogP contribution in [0, 0.1) is 13.8 Å². The topological polar surface area (TPSA) is 87.0 Å². The summed E-state index contributed by atoms with van der Waals surface area (Å²) < 4.78 is 13.1. The predicted octanol–water partition coefficient (Wildman–Crippen LogP) is 4.62. The van der Waals surface area contributed by atoms with Gasteiger partial charge < -0.3 is 14.8 Å². The van der Waals surface area contributed by atoms with Crippen LogP contribution in [0.3, 0.4) is 0 Å². The van der Waals surface area contributed by atoms with E-state index in [4.69, 9.17) is 19.4 Å². The highest BCUT2D eigenvalue weighted by atomic mass is 16.5. The summed E-state index contributed by atoms with van der Waals surface area (Å²) in [4.78, 5) is 18.1. The van der Waals surface area contributed by atoms with Gasteiger partial charge in [0.15, 0.2) is 11.9 Å². The summed E-state index contributed by atoms with van der Waals surface area (Å²) in [6, 6.07) is 14.1. The predicted molar refractivity (Wildman–Crippen MR) is 135 cm³/mol. The minimum absolute atomic E-state index is 0.305. The molecular weight excluding hydrogens is 440 g/mol. The number of pyridine rings is 1. The van der Waals surface area contributed by atoms with E-state index in [9.17, 15) is 0 Å². The van der Waals surface area contributed by atoms with Crippen molar-refractivity contribution in [3.8, 4) is 0 Å². The lowest BCUT2D eigenvalue weighted by Crippen LogP contribution is -2.25. The second-order valence-electron chi connectivity index (χ2n) is 9.06. The highest BCUT2D eigenvalue weighted by molar-refractivity contribution is 5.75. The van der Waals surface area contributed by atoms with Gasteiger partial charge in [-0.05, 0) is 57.2 Å². The molecule has 0 amide bonds. The zero-order valence-corrected chi connectivity index (χ0v) is 20.5. The Labute approximate surface area is 205 Å². The Morgan fingerprint density at radius 2 is 1.74 bits per heavy atom. The van der Waals surface area contributed by atoms with E-state index in [2.05, 4.69) is 15.3 Å². The fraction of sp³-hybridized carbons (Fsp3) is 0.407. The van der Waals surface area contributed by atoms with Crippen molar-refractivity contribution >= 4 is 17.1 Å². The normalized spacial score (nSPS) is 19.1. The quantitative estimate of drug-likeness (QED) is 0.420. The molecule has 5 heterocycles. The van der Waals surface area contributed by atoms with Crippen LogP contribution in [0.1, 0.15) is 48.1 Å². The number of nitrogens with zero attached hydrogens (tertiary/aromatic N) is 5. The van der Waals surface area contributed by atoms with Gasteiger partial charge in [-0.2, -0.15) is 4.98 Å². The van der Waals surface area contributed by atoms with E-state index in [1.807, 2.05) is 60.9 Å². The fourth-order valence-electron chi connectivity index (χ4n) is 4.75. The minimum Gasteiger partial charge on any atom is -0.375 e. The molecule has 35 heavy (non-hydrogen) atoms. The summed E-state index contributed by atoms with van der Waals surface area (Å²) in [7, 11) is 1.70. The summed E-state index contributed by atoms with van der Waals surface area (Å²) in [5.74, 6) is 1.43. The maximum atomic E-state index is 5.82. The van der Waals surface area contributed by atoms with Crippen LogP contribution in [-0.2, 0) is 15.9 Å². The van der Waals surface area contributed by atoms with Crippen molar-refractivity contribution in [1.82, 2.24) is 24.5 Å². The number of rotatable bonds is 7. The number of ether oxygens (including phenoxy) is 2. The highest BCUT2D eigenvalue weighted by Gasteiger charge is 2.36. The second kappa shape index (κ2) is 10.5. The standard InChI is InChI=1S/C22H24N6O.C5H8O/c1-15-19-20(27-22(25-15)24-14-11-17-9-12-23-13-10-17)28(16(2)26-19)21(29-3)18-7-5-4-6-8-18;1-2-5-3-4(1)6-5/h4-10,12-13,21H,11,14H2,1-3H3,(H,24,25,27);4-5H,1-3H2. The Bertz CT molecular complexity index is 1240. The highest BCUT2D eigenvalue weighted by Crippen LogP contribution is 2.36. The lowest BCUT2D eigenvalue weighted by atomic mass is 10.2. The van der Waals surface area contributed by atoms with Crippen LogP contribution >= 0.6 is 0 Å². The molecule has 3 aliphatic rings. The Balaban J connectivity index is 0.000000362. The van der Waals surface area contributed by atoms with Gasteiger partial charge in [0.2, 0.25) is 5.95 Å². The minimum atomic E-state index is -0.305. The lowest BCUT2D eigenvalue weighted by Gasteiger charge is -2.23. The number of hydrogen-bond acceptors (Lipinski definition) is 7. The van der Waals surface area contributed by atoms with Crippen molar-refractivity contribution in [2.24, 2.45) is 0 Å². The molecule has 1 saturated carbocycles. The molecule has 0 spiro atoms. The number of benzene rings is 1. The van der Waals surface area contributed by atoms with Crippen molar-refractivity contribution in [1.29, 1.82) is 0 Å². The summed E-state index contributed by atoms with van der Waals surface area (Å²) in [6.07, 6.45) is 9.59. The summed E-state index contributed by atoms with van der Waals surface area (Å²) in [6.45, 7) is 4.65. The molecule has 3 fully saturated rings. The monoisotopic (exact) mass is 472 g/mol. The van der Waals surface area contributed by atoms with Crippen molar-refractivity contribution in [3.63, 3.8) is 0 Å². The Kier molecular flexibility index (Phi) is 7.01. The van der Waals surface area contributed by atoms with Crippen molar-refractivity contribution in [3.05, 3.63) is 77.5 Å². The van der Waals surface area contributed by atoms with Gasteiger partial charge in [-0.1, -0.05) is 30.3 Å². The first kappa shape index (κ1) is 23.4. The van der Waals surface area contributed by atoms with Gasteiger partial charge in [-0.15, -0.1) is 0 Å². The lowest BCUT2D eigenvalue weighted by molar-refractivity contribution is -0.0647. The summed E-state index contributed by atoms with van der Waals surface area (Å²) in [5, 5.41) is 3.33. The molecule has 1 aromatic carbocycles. The van der Waals surface area contributed by atoms with E-state index >= 15 is 0 Å². The molecule has 1 aliphatic carbocycles. The van der Waals surface area contributed by atoms with E-state index in [0.717, 1.165) is 41.2 Å². The summed E-state index contributed by atoms with van der Waals surface area (Å²) >= 11 is 0. The fourth-order valence-corrected chi connectivity index (χ4v) is 4.75. The molecule has 182 valence electrons. The number of methoxy groups -OCH3 is 1. The van der Waals surface area contributed by atoms with Crippen LogP contribution in [0.5, 0.6) is 0 Å². The number of aryl methyl sites for hydroxylation is 2. The van der Waals surface area contributed by atoms with Crippen LogP contribution in [0.2, 0.25) is 0 Å². The zero-order chi connectivity index (χ0) is 24.2. The second-order valence-corrected chi connectivity index (χ2v) is 9.06. The van der Waals surface area contributed by atoms with Crippen LogP contribution < -0.4 is 5.32 Å². The molecule has 2 bridgehead atoms. The maximum Gasteiger partial charge on any atom is 0.225 e. The first-order valence-corrected chi connectivity index (χ1v) is 12.2. The molecule has 0 radical (unpaired) electrons. The van der Waals surface area contributed by atoms with Crippen LogP contribution in [-0.4, -0.2) is 50.4 Å². The molecule has 4 aromatic rings. The smallest absolute Gasteiger partial charge is 0.225 e. The summed E-state index contributed by atoms with van der Waals surface area (Å²) in [5.41, 5.74) is 4.65. The van der Waals surface area contributed by atoms with Gasteiger partial charge in [0.1, 0.15) is 11.3 Å². The van der Waals surface area contributed by atoms with Crippen molar-refractivity contribution in [2.45, 2.75) is 58.0 Å². The first-order valence-electron chi connectivity index (χ1n) is 12.2. The van der Waals surface area contributed by atoms with E-state index in [-0.39, 0.29) is 6.23 Å². The van der Waals surface area contributed by atoms with Crippen molar-refractivity contribution < 1.29 is 9.47 Å². The van der Waals surface area contributed by atoms with Gasteiger partial charge >= 0.3 is 0 Å². The molecule has 7 rings (SSSR count). The average Bonchev–Trinajstić information content (AvgIpc) is 3.59. The first-order chi connectivity index (χ1) is 17.1. The molecule has 2 aliphatic heterocycles. The van der Waals surface area contributed by atoms with E-state index < -0.39 is 0 Å². The van der Waals surface area contributed by atoms with Crippen LogP contribution in [0.15, 0.2) is 54.9 Å². The number of fused-ring (bicyclic) bond motifs is 2. The van der Waals surface area contributed by atoms with E-state index in [0.29, 0.717) is 18.2 Å². The van der Waals surface area contributed by atoms with E-state index in [1.165, 1.54) is 24.8 Å². The number of nitrogens with one attached hydrogen (secondary N) is 1. The molecule has 3 unspecified atom stereocenters. The number of hydrogen-bond donors (Lipinski definition) is 1. The van der Waals surface area contributed by atoms with Gasteiger partial charge in [0, 0.05) is 31.6 Å². The third-order valence-electron chi connectivity index (χ3n) is 6.60. The van der Waals surface area contributed by atoms with E-state index in [1.54, 1.807) is 19.5 Å². The molecular formula is C27H32N6O2. The van der Waals surface area contributed by atoms with Crippen molar-refractivity contribution in [2.75, 3.05) is 19.0 Å². The zero-order valence-electron chi connectivity index (χ0n) is 20.5. The Morgan fingerprint density at radius 3 is 2.37 bits per heavy atom. The number of aromatic nitrogens is 5. The largest absolute Gasteiger partial charge is 0.375 e. The van der Waals surface area contributed by atoms with Gasteiger partial charge in [-0.25, -0.2) is 9.97 Å². The maximum absolute atomic E-state index is 5.82. The Morgan fingerprint density at radius 1 is 1.03 bits per heavy atom.